The maximum absolute atomic E-state index is 13.0. The summed E-state index contributed by atoms with van der Waals surface area (Å²) in [5.74, 6) is 0.0383. The average Bonchev–Trinajstić information content (AvgIpc) is 3.15. The van der Waals surface area contributed by atoms with Gasteiger partial charge < -0.3 is 9.47 Å². The van der Waals surface area contributed by atoms with Gasteiger partial charge in [-0.3, -0.25) is 4.79 Å². The van der Waals surface area contributed by atoms with Crippen LogP contribution in [-0.4, -0.2) is 59.3 Å². The molecule has 0 saturated carbocycles. The van der Waals surface area contributed by atoms with Gasteiger partial charge in [0.05, 0.1) is 22.3 Å². The number of piperazine rings is 1. The van der Waals surface area contributed by atoms with Crippen LogP contribution in [0.15, 0.2) is 53.7 Å². The highest BCUT2D eigenvalue weighted by Gasteiger charge is 2.30. The first kappa shape index (κ1) is 20.6. The summed E-state index contributed by atoms with van der Waals surface area (Å²) in [6.45, 7) is 5.77. The van der Waals surface area contributed by atoms with Crippen molar-refractivity contribution in [3.63, 3.8) is 0 Å². The van der Waals surface area contributed by atoms with Crippen molar-refractivity contribution in [1.29, 1.82) is 0 Å². The summed E-state index contributed by atoms with van der Waals surface area (Å²) in [6, 6.07) is 13.2. The number of benzene rings is 2. The third-order valence-corrected chi connectivity index (χ3v) is 7.69. The van der Waals surface area contributed by atoms with E-state index < -0.39 is 10.0 Å². The predicted octanol–water partition coefficient (Wildman–Crippen LogP) is 2.58. The van der Waals surface area contributed by atoms with Crippen LogP contribution in [0.3, 0.4) is 0 Å². The maximum Gasteiger partial charge on any atom is 0.243 e. The highest BCUT2D eigenvalue weighted by atomic mass is 32.2. The first-order valence-corrected chi connectivity index (χ1v) is 11.6. The number of imidazole rings is 1. The number of aryl methyl sites for hydroxylation is 3. The van der Waals surface area contributed by atoms with E-state index in [0.29, 0.717) is 44.0 Å². The Morgan fingerprint density at radius 3 is 2.50 bits per heavy atom. The lowest BCUT2D eigenvalue weighted by Gasteiger charge is -2.34. The monoisotopic (exact) mass is 426 g/mol. The number of para-hydroxylation sites is 2. The molecule has 2 heterocycles. The van der Waals surface area contributed by atoms with E-state index in [4.69, 9.17) is 0 Å². The smallest absolute Gasteiger partial charge is 0.243 e. The van der Waals surface area contributed by atoms with Crippen molar-refractivity contribution < 1.29 is 13.2 Å². The van der Waals surface area contributed by atoms with Crippen molar-refractivity contribution in [2.75, 3.05) is 26.2 Å². The maximum atomic E-state index is 13.0. The van der Waals surface area contributed by atoms with Crippen LogP contribution in [-0.2, 0) is 21.4 Å². The third-order valence-electron chi connectivity index (χ3n) is 5.63. The lowest BCUT2D eigenvalue weighted by atomic mass is 10.2. The predicted molar refractivity (Wildman–Crippen MR) is 116 cm³/mol. The number of nitrogens with zero attached hydrogens (tertiary/aromatic N) is 4. The molecule has 1 aliphatic rings. The molecule has 0 radical (unpaired) electrons. The Kier molecular flexibility index (Phi) is 5.62. The zero-order chi connectivity index (χ0) is 21.3. The second kappa shape index (κ2) is 8.20. The second-order valence-corrected chi connectivity index (χ2v) is 9.64. The zero-order valence-corrected chi connectivity index (χ0v) is 18.1. The van der Waals surface area contributed by atoms with Gasteiger partial charge in [-0.05, 0) is 37.6 Å². The molecule has 3 aromatic rings. The summed E-state index contributed by atoms with van der Waals surface area (Å²) >= 11 is 0. The van der Waals surface area contributed by atoms with E-state index in [1.54, 1.807) is 17.3 Å². The molecule has 4 rings (SSSR count). The number of fused-ring (bicyclic) bond motifs is 1. The molecule has 0 N–H and O–H groups in total. The largest absolute Gasteiger partial charge is 0.340 e. The SMILES string of the molecule is Cc1ccc(S(=O)(=O)N2CCN(C(=O)CCn3cnc4ccccc43)CC2)c(C)c1. The summed E-state index contributed by atoms with van der Waals surface area (Å²) in [5.41, 5.74) is 3.71. The number of sulfonamides is 1. The summed E-state index contributed by atoms with van der Waals surface area (Å²) in [7, 11) is -3.55. The lowest BCUT2D eigenvalue weighted by molar-refractivity contribution is -0.132. The van der Waals surface area contributed by atoms with E-state index in [1.165, 1.54) is 4.31 Å². The number of carbonyl (C=O) groups is 1. The first-order valence-electron chi connectivity index (χ1n) is 10.1. The molecule has 1 fully saturated rings. The van der Waals surface area contributed by atoms with E-state index in [2.05, 4.69) is 4.98 Å². The van der Waals surface area contributed by atoms with Crippen LogP contribution in [0.5, 0.6) is 0 Å². The Balaban J connectivity index is 1.36. The molecule has 1 aromatic heterocycles. The number of rotatable bonds is 5. The van der Waals surface area contributed by atoms with E-state index in [1.807, 2.05) is 54.8 Å². The minimum absolute atomic E-state index is 0.0383. The minimum atomic E-state index is -3.55. The molecule has 30 heavy (non-hydrogen) atoms. The van der Waals surface area contributed by atoms with E-state index in [-0.39, 0.29) is 5.91 Å². The first-order chi connectivity index (χ1) is 14.4. The van der Waals surface area contributed by atoms with Crippen LogP contribution in [0.25, 0.3) is 11.0 Å². The molecule has 0 unspecified atom stereocenters. The Labute approximate surface area is 177 Å². The summed E-state index contributed by atoms with van der Waals surface area (Å²) in [6.07, 6.45) is 2.12. The van der Waals surface area contributed by atoms with Crippen LogP contribution in [0.4, 0.5) is 0 Å². The Bertz CT molecular complexity index is 1180. The summed E-state index contributed by atoms with van der Waals surface area (Å²) < 4.78 is 29.5. The van der Waals surface area contributed by atoms with Gasteiger partial charge in [-0.25, -0.2) is 13.4 Å². The topological polar surface area (TPSA) is 75.5 Å². The van der Waals surface area contributed by atoms with Crippen LogP contribution >= 0.6 is 0 Å². The third kappa shape index (κ3) is 3.97. The van der Waals surface area contributed by atoms with Crippen LogP contribution < -0.4 is 0 Å². The van der Waals surface area contributed by atoms with Gasteiger partial charge in [0.2, 0.25) is 15.9 Å². The Hall–Kier alpha value is -2.71. The molecule has 0 bridgehead atoms. The molecule has 2 aromatic carbocycles. The molecule has 0 spiro atoms. The standard InChI is InChI=1S/C22H26N4O3S/c1-17-7-8-21(18(2)15-17)30(28,29)26-13-11-24(12-14-26)22(27)9-10-25-16-23-19-5-3-4-6-20(19)25/h3-8,15-16H,9-14H2,1-2H3. The molecule has 0 atom stereocenters. The molecular formula is C22H26N4O3S. The Morgan fingerprint density at radius 2 is 1.77 bits per heavy atom. The van der Waals surface area contributed by atoms with Gasteiger partial charge in [-0.1, -0.05) is 29.8 Å². The van der Waals surface area contributed by atoms with Crippen molar-refractivity contribution in [3.05, 3.63) is 59.9 Å². The van der Waals surface area contributed by atoms with Gasteiger partial charge in [-0.15, -0.1) is 0 Å². The summed E-state index contributed by atoms with van der Waals surface area (Å²) in [5, 5.41) is 0. The van der Waals surface area contributed by atoms with Gasteiger partial charge in [0.1, 0.15) is 0 Å². The number of hydrogen-bond donors (Lipinski definition) is 0. The average molecular weight is 427 g/mol. The van der Waals surface area contributed by atoms with Gasteiger partial charge in [-0.2, -0.15) is 4.31 Å². The number of hydrogen-bond acceptors (Lipinski definition) is 4. The molecule has 0 aliphatic carbocycles. The lowest BCUT2D eigenvalue weighted by Crippen LogP contribution is -2.50. The quantitative estimate of drug-likeness (QED) is 0.628. The number of carbonyl (C=O) groups excluding carboxylic acids is 1. The molecule has 158 valence electrons. The molecule has 1 aliphatic heterocycles. The van der Waals surface area contributed by atoms with Crippen molar-refractivity contribution in [1.82, 2.24) is 18.8 Å². The number of amides is 1. The Morgan fingerprint density at radius 1 is 1.03 bits per heavy atom. The molecule has 1 amide bonds. The van der Waals surface area contributed by atoms with Crippen molar-refractivity contribution in [3.8, 4) is 0 Å². The molecule has 7 nitrogen and oxygen atoms in total. The van der Waals surface area contributed by atoms with Crippen molar-refractivity contribution in [2.45, 2.75) is 31.7 Å². The fraction of sp³-hybridized carbons (Fsp3) is 0.364. The van der Waals surface area contributed by atoms with Gasteiger partial charge in [0.25, 0.3) is 0 Å². The fourth-order valence-corrected chi connectivity index (χ4v) is 5.60. The molecule has 1 saturated heterocycles. The zero-order valence-electron chi connectivity index (χ0n) is 17.3. The highest BCUT2D eigenvalue weighted by Crippen LogP contribution is 2.22. The van der Waals surface area contributed by atoms with Gasteiger partial charge in [0, 0.05) is 39.1 Å². The van der Waals surface area contributed by atoms with Crippen molar-refractivity contribution >= 4 is 27.0 Å². The minimum Gasteiger partial charge on any atom is -0.340 e. The summed E-state index contributed by atoms with van der Waals surface area (Å²) in [4.78, 5) is 19.1. The molecular weight excluding hydrogens is 400 g/mol. The van der Waals surface area contributed by atoms with Crippen molar-refractivity contribution in [2.24, 2.45) is 0 Å². The van der Waals surface area contributed by atoms with Gasteiger partial charge in [0.15, 0.2) is 0 Å². The van der Waals surface area contributed by atoms with E-state index in [0.717, 1.165) is 22.2 Å². The van der Waals surface area contributed by atoms with E-state index in [9.17, 15) is 13.2 Å². The molecule has 8 heteroatoms. The fourth-order valence-electron chi connectivity index (χ4n) is 3.97. The van der Waals surface area contributed by atoms with Crippen LogP contribution in [0.2, 0.25) is 0 Å². The normalized spacial score (nSPS) is 15.6. The van der Waals surface area contributed by atoms with E-state index >= 15 is 0 Å². The highest BCUT2D eigenvalue weighted by molar-refractivity contribution is 7.89. The van der Waals surface area contributed by atoms with Gasteiger partial charge >= 0.3 is 0 Å². The second-order valence-electron chi connectivity index (χ2n) is 7.73. The number of aromatic nitrogens is 2. The van der Waals surface area contributed by atoms with Crippen LogP contribution in [0.1, 0.15) is 17.5 Å². The van der Waals surface area contributed by atoms with Crippen LogP contribution in [0, 0.1) is 13.8 Å².